The molecule has 1 nitrogen and oxygen atoms in total. The summed E-state index contributed by atoms with van der Waals surface area (Å²) in [6.45, 7) is 0. The van der Waals surface area contributed by atoms with Gasteiger partial charge in [-0.3, -0.25) is 4.98 Å². The third-order valence-electron chi connectivity index (χ3n) is 0.564. The molecule has 0 aliphatic heterocycles. The topological polar surface area (TPSA) is 12.9 Å². The van der Waals surface area contributed by atoms with E-state index < -0.39 is 0 Å². The summed E-state index contributed by atoms with van der Waals surface area (Å²) >= 11 is 0. The van der Waals surface area contributed by atoms with Crippen molar-refractivity contribution in [3.8, 4) is 0 Å². The highest BCUT2D eigenvalue weighted by Gasteiger charge is 1.59. The molecule has 0 aromatic carbocycles. The van der Waals surface area contributed by atoms with Crippen molar-refractivity contribution in [1.82, 2.24) is 4.98 Å². The van der Waals surface area contributed by atoms with Gasteiger partial charge in [0.1, 0.15) is 0 Å². The predicted octanol–water partition coefficient (Wildman–Crippen LogP) is 2.33. The first kappa shape index (κ1) is 5.72. The summed E-state index contributed by atoms with van der Waals surface area (Å²) in [6, 6.07) is 1.92. The van der Waals surface area contributed by atoms with Crippen molar-refractivity contribution in [3.05, 3.63) is 29.2 Å². The maximum atomic E-state index is 3.90. The van der Waals surface area contributed by atoms with Gasteiger partial charge >= 0.3 is 0 Å². The minimum atomic E-state index is 1.66. The highest BCUT2D eigenvalue weighted by atomic mass is 32.9. The molecular weight excluding hydrogens is 138 g/mol. The SMILES string of the molecule is c1cnccssc1. The van der Waals surface area contributed by atoms with E-state index >= 15 is 0 Å². The van der Waals surface area contributed by atoms with Gasteiger partial charge in [-0.25, -0.2) is 0 Å². The second kappa shape index (κ2) is 3.57. The summed E-state index contributed by atoms with van der Waals surface area (Å²) in [4.78, 5) is 3.90. The molecule has 8 heavy (non-hydrogen) atoms. The van der Waals surface area contributed by atoms with Gasteiger partial charge < -0.3 is 0 Å². The lowest BCUT2D eigenvalue weighted by molar-refractivity contribution is 1.37. The Labute approximate surface area is 55.4 Å². The monoisotopic (exact) mass is 143 g/mol. The Hall–Kier alpha value is -0.410. The van der Waals surface area contributed by atoms with Crippen molar-refractivity contribution in [2.45, 2.75) is 0 Å². The first-order valence-corrected chi connectivity index (χ1v) is 4.43. The maximum absolute atomic E-state index is 3.90. The average molecular weight is 143 g/mol. The first-order valence-electron chi connectivity index (χ1n) is 2.15. The molecule has 1 aromatic rings. The molecule has 0 bridgehead atoms. The van der Waals surface area contributed by atoms with E-state index in [0.29, 0.717) is 0 Å². The normalized spacial score (nSPS) is 8.00. The highest BCUT2D eigenvalue weighted by molar-refractivity contribution is 7.67. The molecule has 0 atom stereocenters. The zero-order chi connectivity index (χ0) is 5.66. The fourth-order valence-corrected chi connectivity index (χ4v) is 1.40. The van der Waals surface area contributed by atoms with E-state index in [4.69, 9.17) is 0 Å². The lowest BCUT2D eigenvalue weighted by atomic mass is 10.8. The van der Waals surface area contributed by atoms with Crippen LogP contribution in [0.3, 0.4) is 0 Å². The smallest absolute Gasteiger partial charge is 0.0375 e. The van der Waals surface area contributed by atoms with Gasteiger partial charge in [-0.1, -0.05) is 20.7 Å². The van der Waals surface area contributed by atoms with Gasteiger partial charge in [-0.05, 0) is 6.07 Å². The Morgan fingerprint density at radius 3 is 2.88 bits per heavy atom. The molecule has 1 aromatic heterocycles. The fourth-order valence-electron chi connectivity index (χ4n) is 0.291. The zero-order valence-electron chi connectivity index (χ0n) is 4.15. The summed E-state index contributed by atoms with van der Waals surface area (Å²) in [5.74, 6) is 0. The largest absolute Gasteiger partial charge is 0.264 e. The lowest BCUT2D eigenvalue weighted by Crippen LogP contribution is -1.53. The second-order valence-electron chi connectivity index (χ2n) is 1.10. The number of hydrogen-bond acceptors (Lipinski definition) is 3. The first-order chi connectivity index (χ1) is 4.00. The van der Waals surface area contributed by atoms with Crippen molar-refractivity contribution < 1.29 is 0 Å². The molecule has 0 fully saturated rings. The Balaban J connectivity index is 3.00. The summed E-state index contributed by atoms with van der Waals surface area (Å²) < 4.78 is 0. The van der Waals surface area contributed by atoms with Crippen LogP contribution < -0.4 is 0 Å². The van der Waals surface area contributed by atoms with Crippen LogP contribution in [0.2, 0.25) is 0 Å². The van der Waals surface area contributed by atoms with Gasteiger partial charge in [0.05, 0.1) is 0 Å². The molecule has 0 radical (unpaired) electrons. The van der Waals surface area contributed by atoms with Crippen molar-refractivity contribution >= 4 is 20.7 Å². The van der Waals surface area contributed by atoms with Crippen molar-refractivity contribution in [3.63, 3.8) is 0 Å². The number of rotatable bonds is 0. The predicted molar refractivity (Wildman–Crippen MR) is 37.6 cm³/mol. The van der Waals surface area contributed by atoms with E-state index in [9.17, 15) is 0 Å². The number of aromatic nitrogens is 1. The maximum Gasteiger partial charge on any atom is 0.0375 e. The standard InChI is InChI=1S/C5H5NS2/c1-2-6-3-5-8-7-4-1/h1-5H. The van der Waals surface area contributed by atoms with Crippen LogP contribution in [0.1, 0.15) is 0 Å². The molecule has 42 valence electrons. The minimum absolute atomic E-state index is 1.66. The van der Waals surface area contributed by atoms with Crippen LogP contribution in [0.4, 0.5) is 0 Å². The van der Waals surface area contributed by atoms with Crippen molar-refractivity contribution in [2.24, 2.45) is 0 Å². The van der Waals surface area contributed by atoms with Crippen LogP contribution in [-0.4, -0.2) is 4.98 Å². The van der Waals surface area contributed by atoms with Gasteiger partial charge in [0.25, 0.3) is 0 Å². The summed E-state index contributed by atoms with van der Waals surface area (Å²) in [5.41, 5.74) is 0. The molecule has 0 saturated carbocycles. The molecule has 0 aliphatic rings. The molecule has 0 unspecified atom stereocenters. The third-order valence-corrected chi connectivity index (χ3v) is 2.18. The molecule has 0 aliphatic carbocycles. The van der Waals surface area contributed by atoms with Crippen LogP contribution in [0.25, 0.3) is 0 Å². The van der Waals surface area contributed by atoms with E-state index in [0.717, 1.165) is 0 Å². The molecule has 0 amide bonds. The van der Waals surface area contributed by atoms with Gasteiger partial charge in [-0.15, -0.1) is 0 Å². The van der Waals surface area contributed by atoms with E-state index in [1.807, 2.05) is 16.8 Å². The van der Waals surface area contributed by atoms with Crippen LogP contribution in [0.15, 0.2) is 29.2 Å². The number of nitrogens with zero attached hydrogens (tertiary/aromatic N) is 1. The molecule has 0 N–H and O–H groups in total. The van der Waals surface area contributed by atoms with E-state index in [1.54, 1.807) is 33.1 Å². The Morgan fingerprint density at radius 1 is 1.00 bits per heavy atom. The third kappa shape index (κ3) is 2.04. The quantitative estimate of drug-likeness (QED) is 0.508. The van der Waals surface area contributed by atoms with Crippen LogP contribution in [-0.2, 0) is 0 Å². The summed E-state index contributed by atoms with van der Waals surface area (Å²) in [6.07, 6.45) is 3.55. The van der Waals surface area contributed by atoms with Gasteiger partial charge in [-0.2, -0.15) is 0 Å². The molecule has 0 spiro atoms. The second-order valence-corrected chi connectivity index (χ2v) is 3.19. The molecule has 1 heterocycles. The molecule has 3 heteroatoms. The molecular formula is C5H5NS2. The van der Waals surface area contributed by atoms with Crippen LogP contribution in [0, 0.1) is 0 Å². The Bertz CT molecular complexity index is 115. The Kier molecular flexibility index (Phi) is 2.56. The molecule has 1 rings (SSSR count). The van der Waals surface area contributed by atoms with E-state index in [-0.39, 0.29) is 0 Å². The average Bonchev–Trinajstić information content (AvgIpc) is 1.62. The van der Waals surface area contributed by atoms with Crippen molar-refractivity contribution in [1.29, 1.82) is 0 Å². The summed E-state index contributed by atoms with van der Waals surface area (Å²) in [7, 11) is 3.35. The van der Waals surface area contributed by atoms with Gasteiger partial charge in [0, 0.05) is 23.2 Å². The zero-order valence-corrected chi connectivity index (χ0v) is 5.78. The highest BCUT2D eigenvalue weighted by Crippen LogP contribution is 1.97. The molecule has 0 saturated heterocycles. The van der Waals surface area contributed by atoms with Crippen LogP contribution >= 0.6 is 20.7 Å². The van der Waals surface area contributed by atoms with Crippen molar-refractivity contribution in [2.75, 3.05) is 0 Å². The number of hydrogen-bond donors (Lipinski definition) is 0. The fraction of sp³-hybridized carbons (Fsp3) is 0. The van der Waals surface area contributed by atoms with Gasteiger partial charge in [0.2, 0.25) is 0 Å². The summed E-state index contributed by atoms with van der Waals surface area (Å²) in [5, 5.41) is 3.95. The van der Waals surface area contributed by atoms with Crippen LogP contribution in [0.5, 0.6) is 0 Å². The Morgan fingerprint density at radius 2 is 1.88 bits per heavy atom. The van der Waals surface area contributed by atoms with E-state index in [1.165, 1.54) is 0 Å². The van der Waals surface area contributed by atoms with Gasteiger partial charge in [0.15, 0.2) is 0 Å². The minimum Gasteiger partial charge on any atom is -0.264 e. The van der Waals surface area contributed by atoms with E-state index in [2.05, 4.69) is 4.98 Å². The lowest BCUT2D eigenvalue weighted by Gasteiger charge is -1.68.